The Kier molecular flexibility index (Phi) is 5.80. The number of hydrogen-bond acceptors (Lipinski definition) is 3. The maximum Gasteiger partial charge on any atom is 0.123 e. The lowest BCUT2D eigenvalue weighted by molar-refractivity contribution is 0.199. The molecule has 0 radical (unpaired) electrons. The van der Waals surface area contributed by atoms with E-state index in [0.717, 1.165) is 17.8 Å². The topological polar surface area (TPSA) is 24.5 Å². The summed E-state index contributed by atoms with van der Waals surface area (Å²) in [6.07, 6.45) is 5.09. The molecule has 1 fully saturated rings. The van der Waals surface area contributed by atoms with E-state index in [1.165, 1.54) is 25.7 Å². The minimum absolute atomic E-state index is 0.169. The molecular formula is C16H25FN2O. The molecule has 1 aromatic rings. The molecule has 2 rings (SSSR count). The van der Waals surface area contributed by atoms with Gasteiger partial charge in [-0.1, -0.05) is 12.8 Å². The van der Waals surface area contributed by atoms with Crippen LogP contribution in [0.2, 0.25) is 0 Å². The SMILES string of the molecule is COCCNCc1cc(F)ccc1N(C)C1CCCC1. The minimum Gasteiger partial charge on any atom is -0.383 e. The lowest BCUT2D eigenvalue weighted by atomic mass is 10.1. The van der Waals surface area contributed by atoms with Gasteiger partial charge in [0.05, 0.1) is 6.61 Å². The van der Waals surface area contributed by atoms with E-state index in [4.69, 9.17) is 4.74 Å². The number of halogens is 1. The van der Waals surface area contributed by atoms with E-state index in [-0.39, 0.29) is 5.82 Å². The maximum atomic E-state index is 13.5. The summed E-state index contributed by atoms with van der Waals surface area (Å²) < 4.78 is 18.5. The van der Waals surface area contributed by atoms with Gasteiger partial charge in [0.2, 0.25) is 0 Å². The molecule has 1 aliphatic rings. The fourth-order valence-corrected chi connectivity index (χ4v) is 2.93. The van der Waals surface area contributed by atoms with Gasteiger partial charge in [-0.05, 0) is 36.6 Å². The first-order chi connectivity index (χ1) is 9.72. The molecule has 4 heteroatoms. The van der Waals surface area contributed by atoms with Gasteiger partial charge in [-0.2, -0.15) is 0 Å². The van der Waals surface area contributed by atoms with Gasteiger partial charge in [-0.3, -0.25) is 0 Å². The van der Waals surface area contributed by atoms with E-state index in [2.05, 4.69) is 17.3 Å². The minimum atomic E-state index is -0.169. The van der Waals surface area contributed by atoms with Crippen molar-refractivity contribution in [2.75, 3.05) is 32.2 Å². The lowest BCUT2D eigenvalue weighted by Crippen LogP contribution is -2.30. The molecule has 0 aliphatic heterocycles. The van der Waals surface area contributed by atoms with Gasteiger partial charge in [0, 0.05) is 39.0 Å². The van der Waals surface area contributed by atoms with Crippen molar-refractivity contribution in [3.05, 3.63) is 29.6 Å². The predicted molar refractivity (Wildman–Crippen MR) is 80.6 cm³/mol. The highest BCUT2D eigenvalue weighted by Crippen LogP contribution is 2.29. The summed E-state index contributed by atoms with van der Waals surface area (Å²) in [5, 5.41) is 3.30. The van der Waals surface area contributed by atoms with E-state index in [1.807, 2.05) is 6.07 Å². The number of hydrogen-bond donors (Lipinski definition) is 1. The third kappa shape index (κ3) is 3.93. The second-order valence-electron chi connectivity index (χ2n) is 5.49. The average Bonchev–Trinajstić information content (AvgIpc) is 2.97. The van der Waals surface area contributed by atoms with Crippen molar-refractivity contribution in [2.45, 2.75) is 38.3 Å². The lowest BCUT2D eigenvalue weighted by Gasteiger charge is -2.29. The van der Waals surface area contributed by atoms with Crippen LogP contribution in [-0.4, -0.2) is 33.4 Å². The number of anilines is 1. The van der Waals surface area contributed by atoms with E-state index >= 15 is 0 Å². The molecule has 1 N–H and O–H groups in total. The van der Waals surface area contributed by atoms with E-state index in [1.54, 1.807) is 19.2 Å². The second-order valence-corrected chi connectivity index (χ2v) is 5.49. The Morgan fingerprint density at radius 3 is 2.80 bits per heavy atom. The summed E-state index contributed by atoms with van der Waals surface area (Å²) in [5.74, 6) is -0.169. The quantitative estimate of drug-likeness (QED) is 0.777. The molecule has 0 aromatic heterocycles. The third-order valence-electron chi connectivity index (χ3n) is 4.09. The van der Waals surface area contributed by atoms with Crippen LogP contribution in [0.1, 0.15) is 31.2 Å². The summed E-state index contributed by atoms with van der Waals surface area (Å²) in [6.45, 7) is 2.12. The molecule has 1 aliphatic carbocycles. The molecule has 0 saturated heterocycles. The fourth-order valence-electron chi connectivity index (χ4n) is 2.93. The zero-order chi connectivity index (χ0) is 14.4. The number of methoxy groups -OCH3 is 1. The smallest absolute Gasteiger partial charge is 0.123 e. The third-order valence-corrected chi connectivity index (χ3v) is 4.09. The van der Waals surface area contributed by atoms with Gasteiger partial charge in [0.25, 0.3) is 0 Å². The molecule has 0 amide bonds. The van der Waals surface area contributed by atoms with Crippen molar-refractivity contribution in [3.63, 3.8) is 0 Å². The van der Waals surface area contributed by atoms with E-state index in [0.29, 0.717) is 19.2 Å². The number of rotatable bonds is 7. The Bertz CT molecular complexity index is 419. The van der Waals surface area contributed by atoms with Crippen LogP contribution in [-0.2, 0) is 11.3 Å². The van der Waals surface area contributed by atoms with Crippen LogP contribution < -0.4 is 10.2 Å². The molecule has 3 nitrogen and oxygen atoms in total. The van der Waals surface area contributed by atoms with Gasteiger partial charge in [-0.15, -0.1) is 0 Å². The van der Waals surface area contributed by atoms with Crippen molar-refractivity contribution in [1.29, 1.82) is 0 Å². The molecule has 0 bridgehead atoms. The molecule has 0 unspecified atom stereocenters. The number of benzene rings is 1. The molecule has 112 valence electrons. The van der Waals surface area contributed by atoms with Gasteiger partial charge < -0.3 is 15.0 Å². The monoisotopic (exact) mass is 280 g/mol. The van der Waals surface area contributed by atoms with Crippen molar-refractivity contribution < 1.29 is 9.13 Å². The van der Waals surface area contributed by atoms with Crippen molar-refractivity contribution in [2.24, 2.45) is 0 Å². The molecule has 0 heterocycles. The fraction of sp³-hybridized carbons (Fsp3) is 0.625. The Hall–Kier alpha value is -1.13. The Balaban J connectivity index is 2.06. The molecular weight excluding hydrogens is 255 g/mol. The Labute approximate surface area is 121 Å². The Morgan fingerprint density at radius 1 is 1.35 bits per heavy atom. The zero-order valence-electron chi connectivity index (χ0n) is 12.5. The van der Waals surface area contributed by atoms with Crippen LogP contribution in [0.25, 0.3) is 0 Å². The summed E-state index contributed by atoms with van der Waals surface area (Å²) in [6, 6.07) is 5.69. The zero-order valence-corrected chi connectivity index (χ0v) is 12.5. The van der Waals surface area contributed by atoms with Gasteiger partial charge in [-0.25, -0.2) is 4.39 Å². The molecule has 0 atom stereocenters. The maximum absolute atomic E-state index is 13.5. The Morgan fingerprint density at radius 2 is 2.10 bits per heavy atom. The summed E-state index contributed by atoms with van der Waals surface area (Å²) in [7, 11) is 3.81. The normalized spacial score (nSPS) is 15.8. The molecule has 0 spiro atoms. The van der Waals surface area contributed by atoms with Crippen LogP contribution in [0, 0.1) is 5.82 Å². The summed E-state index contributed by atoms with van der Waals surface area (Å²) >= 11 is 0. The molecule has 1 saturated carbocycles. The van der Waals surface area contributed by atoms with Gasteiger partial charge >= 0.3 is 0 Å². The van der Waals surface area contributed by atoms with Crippen molar-refractivity contribution in [1.82, 2.24) is 5.32 Å². The van der Waals surface area contributed by atoms with Crippen LogP contribution in [0.4, 0.5) is 10.1 Å². The van der Waals surface area contributed by atoms with E-state index < -0.39 is 0 Å². The van der Waals surface area contributed by atoms with Crippen molar-refractivity contribution in [3.8, 4) is 0 Å². The highest BCUT2D eigenvalue weighted by Gasteiger charge is 2.21. The average molecular weight is 280 g/mol. The highest BCUT2D eigenvalue weighted by molar-refractivity contribution is 5.54. The number of ether oxygens (including phenoxy) is 1. The van der Waals surface area contributed by atoms with Crippen LogP contribution in [0.3, 0.4) is 0 Å². The number of nitrogens with one attached hydrogen (secondary N) is 1. The standard InChI is InChI=1S/C16H25FN2O/c1-19(15-5-3-4-6-15)16-8-7-14(17)11-13(16)12-18-9-10-20-2/h7-8,11,15,18H,3-6,9-10,12H2,1-2H3. The first kappa shape index (κ1) is 15.3. The predicted octanol–water partition coefficient (Wildman–Crippen LogP) is 2.94. The highest BCUT2D eigenvalue weighted by atomic mass is 19.1. The number of nitrogens with zero attached hydrogens (tertiary/aromatic N) is 1. The van der Waals surface area contributed by atoms with Crippen LogP contribution in [0.15, 0.2) is 18.2 Å². The van der Waals surface area contributed by atoms with E-state index in [9.17, 15) is 4.39 Å². The largest absolute Gasteiger partial charge is 0.383 e. The van der Waals surface area contributed by atoms with Gasteiger partial charge in [0.1, 0.15) is 5.82 Å². The van der Waals surface area contributed by atoms with Crippen LogP contribution in [0.5, 0.6) is 0 Å². The first-order valence-corrected chi connectivity index (χ1v) is 7.43. The molecule has 20 heavy (non-hydrogen) atoms. The summed E-state index contributed by atoms with van der Waals surface area (Å²) in [4.78, 5) is 2.32. The summed E-state index contributed by atoms with van der Waals surface area (Å²) in [5.41, 5.74) is 2.17. The first-order valence-electron chi connectivity index (χ1n) is 7.43. The van der Waals surface area contributed by atoms with Crippen LogP contribution >= 0.6 is 0 Å². The second kappa shape index (κ2) is 7.60. The van der Waals surface area contributed by atoms with Gasteiger partial charge in [0.15, 0.2) is 0 Å². The molecule has 1 aromatic carbocycles. The van der Waals surface area contributed by atoms with Crippen molar-refractivity contribution >= 4 is 5.69 Å².